The van der Waals surface area contributed by atoms with Crippen molar-refractivity contribution in [2.24, 2.45) is 0 Å². The third-order valence-electron chi connectivity index (χ3n) is 5.07. The molecule has 152 valence electrons. The predicted molar refractivity (Wildman–Crippen MR) is 112 cm³/mol. The van der Waals surface area contributed by atoms with Crippen LogP contribution in [-0.4, -0.2) is 41.7 Å². The molecule has 2 aromatic heterocycles. The largest absolute Gasteiger partial charge is 0.376 e. The minimum Gasteiger partial charge on any atom is -0.376 e. The van der Waals surface area contributed by atoms with Gasteiger partial charge in [0.25, 0.3) is 5.91 Å². The van der Waals surface area contributed by atoms with Crippen molar-refractivity contribution in [3.63, 3.8) is 0 Å². The lowest BCUT2D eigenvalue weighted by atomic mass is 10.1. The van der Waals surface area contributed by atoms with Crippen LogP contribution in [0.2, 0.25) is 0 Å². The monoisotopic (exact) mass is 414 g/mol. The molecule has 6 nitrogen and oxygen atoms in total. The average Bonchev–Trinajstić information content (AvgIpc) is 3.36. The third-order valence-corrected chi connectivity index (χ3v) is 6.27. The highest BCUT2D eigenvalue weighted by molar-refractivity contribution is 7.20. The number of carbonyl (C=O) groups is 1. The van der Waals surface area contributed by atoms with Crippen LogP contribution in [0.3, 0.4) is 0 Å². The van der Waals surface area contributed by atoms with E-state index in [2.05, 4.69) is 20.6 Å². The molecule has 3 aromatic rings. The molecule has 8 heteroatoms. The first-order valence-corrected chi connectivity index (χ1v) is 10.6. The van der Waals surface area contributed by atoms with Gasteiger partial charge in [0.05, 0.1) is 16.4 Å². The molecule has 1 saturated heterocycles. The summed E-state index contributed by atoms with van der Waals surface area (Å²) in [5.74, 6) is 0.353. The van der Waals surface area contributed by atoms with Crippen LogP contribution in [0.15, 0.2) is 30.6 Å². The molecule has 2 N–H and O–H groups in total. The number of hydrogen-bond donors (Lipinski definition) is 2. The molecule has 0 radical (unpaired) electrons. The Balaban J connectivity index is 1.44. The minimum atomic E-state index is -0.260. The molecule has 0 bridgehead atoms. The number of rotatable bonds is 7. The van der Waals surface area contributed by atoms with Gasteiger partial charge in [-0.25, -0.2) is 14.4 Å². The van der Waals surface area contributed by atoms with Gasteiger partial charge < -0.3 is 15.4 Å². The number of carbonyl (C=O) groups excluding carboxylic acids is 1. The number of fused-ring (bicyclic) bond motifs is 1. The predicted octanol–water partition coefficient (Wildman–Crippen LogP) is 3.70. The van der Waals surface area contributed by atoms with Crippen molar-refractivity contribution < 1.29 is 13.9 Å². The zero-order chi connectivity index (χ0) is 20.2. The SMILES string of the molecule is Cc1c(C(=O)NCCc2ccc(F)cc2)sc2ncnc(NC[C@H]3CCCO3)c12. The van der Waals surface area contributed by atoms with Crippen LogP contribution in [0.5, 0.6) is 0 Å². The molecular formula is C21H23FN4O2S. The molecule has 0 spiro atoms. The second kappa shape index (κ2) is 8.84. The minimum absolute atomic E-state index is 0.127. The summed E-state index contributed by atoms with van der Waals surface area (Å²) in [6, 6.07) is 6.32. The van der Waals surface area contributed by atoms with Gasteiger partial charge in [0, 0.05) is 19.7 Å². The van der Waals surface area contributed by atoms with Gasteiger partial charge in [-0.2, -0.15) is 0 Å². The lowest BCUT2D eigenvalue weighted by molar-refractivity contribution is 0.0957. The standard InChI is InChI=1S/C21H23FN4O2S/c1-13-17-19(24-11-16-3-2-10-28-16)25-12-26-21(17)29-18(13)20(27)23-9-8-14-4-6-15(22)7-5-14/h4-7,12,16H,2-3,8-11H2,1H3,(H,23,27)(H,24,25,26)/t16-/m1/s1. The number of amides is 1. The normalized spacial score (nSPS) is 16.3. The number of hydrogen-bond acceptors (Lipinski definition) is 6. The van der Waals surface area contributed by atoms with Crippen LogP contribution < -0.4 is 10.6 Å². The first-order chi connectivity index (χ1) is 14.1. The quantitative estimate of drug-likeness (QED) is 0.617. The van der Waals surface area contributed by atoms with E-state index < -0.39 is 0 Å². The molecule has 1 aliphatic rings. The van der Waals surface area contributed by atoms with Gasteiger partial charge in [-0.05, 0) is 49.4 Å². The summed E-state index contributed by atoms with van der Waals surface area (Å²) in [5.41, 5.74) is 1.85. The van der Waals surface area contributed by atoms with Gasteiger partial charge in [0.2, 0.25) is 0 Å². The zero-order valence-electron chi connectivity index (χ0n) is 16.2. The summed E-state index contributed by atoms with van der Waals surface area (Å²) in [7, 11) is 0. The Morgan fingerprint density at radius 3 is 2.90 bits per heavy atom. The van der Waals surface area contributed by atoms with Gasteiger partial charge in [0.15, 0.2) is 0 Å². The van der Waals surface area contributed by atoms with Crippen molar-refractivity contribution in [1.29, 1.82) is 0 Å². The van der Waals surface area contributed by atoms with Gasteiger partial charge in [-0.3, -0.25) is 4.79 Å². The van der Waals surface area contributed by atoms with E-state index in [0.29, 0.717) is 24.4 Å². The fourth-order valence-electron chi connectivity index (χ4n) is 3.49. The Labute approximate surface area is 172 Å². The van der Waals surface area contributed by atoms with Crippen molar-refractivity contribution in [2.45, 2.75) is 32.3 Å². The lowest BCUT2D eigenvalue weighted by Crippen LogP contribution is -2.25. The van der Waals surface area contributed by atoms with Crippen molar-refractivity contribution in [3.8, 4) is 0 Å². The van der Waals surface area contributed by atoms with E-state index in [0.717, 1.165) is 46.6 Å². The Hall–Kier alpha value is -2.58. The van der Waals surface area contributed by atoms with E-state index in [-0.39, 0.29) is 17.8 Å². The van der Waals surface area contributed by atoms with Crippen molar-refractivity contribution in [1.82, 2.24) is 15.3 Å². The summed E-state index contributed by atoms with van der Waals surface area (Å²) < 4.78 is 18.6. The Kier molecular flexibility index (Phi) is 6.01. The highest BCUT2D eigenvalue weighted by Gasteiger charge is 2.20. The average molecular weight is 415 g/mol. The number of aryl methyl sites for hydroxylation is 1. The van der Waals surface area contributed by atoms with Crippen molar-refractivity contribution >= 4 is 33.3 Å². The van der Waals surface area contributed by atoms with E-state index in [9.17, 15) is 9.18 Å². The highest BCUT2D eigenvalue weighted by atomic mass is 32.1. The fraction of sp³-hybridized carbons (Fsp3) is 0.381. The molecule has 0 saturated carbocycles. The zero-order valence-corrected chi connectivity index (χ0v) is 17.0. The van der Waals surface area contributed by atoms with Crippen LogP contribution in [0.25, 0.3) is 10.2 Å². The second-order valence-corrected chi connectivity index (χ2v) is 8.11. The van der Waals surface area contributed by atoms with E-state index in [4.69, 9.17) is 4.74 Å². The third kappa shape index (κ3) is 4.54. The molecule has 1 aromatic carbocycles. The summed E-state index contributed by atoms with van der Waals surface area (Å²) in [6.45, 7) is 3.91. The van der Waals surface area contributed by atoms with Crippen LogP contribution >= 0.6 is 11.3 Å². The maximum atomic E-state index is 13.0. The molecule has 1 amide bonds. The molecule has 1 fully saturated rings. The van der Waals surface area contributed by atoms with E-state index in [1.54, 1.807) is 12.1 Å². The molecule has 0 aliphatic carbocycles. The number of anilines is 1. The smallest absolute Gasteiger partial charge is 0.261 e. The number of aromatic nitrogens is 2. The summed E-state index contributed by atoms with van der Waals surface area (Å²) in [6.07, 6.45) is 4.50. The molecule has 4 rings (SSSR count). The number of benzene rings is 1. The van der Waals surface area contributed by atoms with Crippen molar-refractivity contribution in [3.05, 3.63) is 52.4 Å². The number of nitrogens with one attached hydrogen (secondary N) is 2. The first-order valence-electron chi connectivity index (χ1n) is 9.74. The van der Waals surface area contributed by atoms with Crippen LogP contribution in [-0.2, 0) is 11.2 Å². The van der Waals surface area contributed by atoms with E-state index in [1.807, 2.05) is 6.92 Å². The first kappa shape index (κ1) is 19.7. The number of ether oxygens (including phenoxy) is 1. The summed E-state index contributed by atoms with van der Waals surface area (Å²) in [4.78, 5) is 22.9. The molecule has 1 atom stereocenters. The summed E-state index contributed by atoms with van der Waals surface area (Å²) in [5, 5.41) is 7.20. The topological polar surface area (TPSA) is 76.1 Å². The van der Waals surface area contributed by atoms with Gasteiger partial charge in [0.1, 0.15) is 22.8 Å². The van der Waals surface area contributed by atoms with Gasteiger partial charge in [-0.15, -0.1) is 11.3 Å². The van der Waals surface area contributed by atoms with Crippen LogP contribution in [0.1, 0.15) is 33.6 Å². The Morgan fingerprint density at radius 1 is 1.31 bits per heavy atom. The Bertz CT molecular complexity index is 1000. The molecule has 29 heavy (non-hydrogen) atoms. The summed E-state index contributed by atoms with van der Waals surface area (Å²) >= 11 is 1.37. The van der Waals surface area contributed by atoms with Crippen LogP contribution in [0, 0.1) is 12.7 Å². The number of thiophene rings is 1. The lowest BCUT2D eigenvalue weighted by Gasteiger charge is -2.12. The number of halogens is 1. The maximum Gasteiger partial charge on any atom is 0.261 e. The van der Waals surface area contributed by atoms with Gasteiger partial charge >= 0.3 is 0 Å². The second-order valence-electron chi connectivity index (χ2n) is 7.11. The number of nitrogens with zero attached hydrogens (tertiary/aromatic N) is 2. The molecular weight excluding hydrogens is 391 g/mol. The van der Waals surface area contributed by atoms with Gasteiger partial charge in [-0.1, -0.05) is 12.1 Å². The maximum absolute atomic E-state index is 13.0. The molecule has 1 aliphatic heterocycles. The van der Waals surface area contributed by atoms with Crippen LogP contribution in [0.4, 0.5) is 10.2 Å². The molecule has 0 unspecified atom stereocenters. The molecule has 3 heterocycles. The fourth-order valence-corrected chi connectivity index (χ4v) is 4.55. The van der Waals surface area contributed by atoms with E-state index in [1.165, 1.54) is 29.8 Å². The highest BCUT2D eigenvalue weighted by Crippen LogP contribution is 2.33. The Morgan fingerprint density at radius 2 is 2.14 bits per heavy atom. The van der Waals surface area contributed by atoms with Crippen molar-refractivity contribution in [2.75, 3.05) is 25.0 Å². The van der Waals surface area contributed by atoms with E-state index >= 15 is 0 Å².